The zero-order valence-corrected chi connectivity index (χ0v) is 14.9. The summed E-state index contributed by atoms with van der Waals surface area (Å²) < 4.78 is 5.24. The van der Waals surface area contributed by atoms with Crippen LogP contribution >= 0.6 is 0 Å². The van der Waals surface area contributed by atoms with Crippen LogP contribution in [0, 0.1) is 19.9 Å². The summed E-state index contributed by atoms with van der Waals surface area (Å²) >= 11 is 0. The molecule has 71 valence electrons. The third-order valence-electron chi connectivity index (χ3n) is 1.33. The summed E-state index contributed by atoms with van der Waals surface area (Å²) in [4.78, 5) is 0. The Morgan fingerprint density at radius 2 is 2.00 bits per heavy atom. The van der Waals surface area contributed by atoms with Crippen LogP contribution in [0.15, 0.2) is 5.57 Å². The summed E-state index contributed by atoms with van der Waals surface area (Å²) in [6.45, 7) is 7.57. The van der Waals surface area contributed by atoms with Crippen molar-refractivity contribution in [3.05, 3.63) is 25.5 Å². The molecule has 0 aromatic heterocycles. The molecule has 0 aromatic rings. The third-order valence-corrected chi connectivity index (χ3v) is 1.33. The number of ether oxygens (including phenoxy) is 1. The van der Waals surface area contributed by atoms with E-state index in [4.69, 9.17) is 4.74 Å². The largest absolute Gasteiger partial charge is 3.00 e. The molecule has 0 rings (SSSR count). The van der Waals surface area contributed by atoms with Crippen LogP contribution < -0.4 is 0 Å². The Bertz CT molecular complexity index is 103. The minimum absolute atomic E-state index is 0. The molecule has 0 N–H and O–H groups in total. The van der Waals surface area contributed by atoms with Crippen molar-refractivity contribution in [3.8, 4) is 0 Å². The molecular formula is C10H19OY2. The molecule has 0 heterocycles. The van der Waals surface area contributed by atoms with Gasteiger partial charge in [-0.3, -0.25) is 5.57 Å². The van der Waals surface area contributed by atoms with Gasteiger partial charge < -0.3 is 24.7 Å². The predicted octanol–water partition coefficient (Wildman–Crippen LogP) is 2.83. The van der Waals surface area contributed by atoms with Crippen molar-refractivity contribution in [2.45, 2.75) is 27.2 Å². The van der Waals surface area contributed by atoms with Gasteiger partial charge >= 0.3 is 32.7 Å². The van der Waals surface area contributed by atoms with Gasteiger partial charge in [0, 0.05) is 39.3 Å². The summed E-state index contributed by atoms with van der Waals surface area (Å²) in [7, 11) is 0. The van der Waals surface area contributed by atoms with Crippen LogP contribution in [0.25, 0.3) is 0 Å². The summed E-state index contributed by atoms with van der Waals surface area (Å²) in [5.74, 6) is 0. The standard InChI is InChI=1S/C9H16O.CH3.2Y/c1-4-7-10-8-6-9(3)5-2;;;/h4H,6-8H2,1-3H3;1H3;;/q-2;-1;;+3. The molecule has 0 aromatic carbocycles. The molecule has 0 aliphatic carbocycles. The van der Waals surface area contributed by atoms with E-state index in [0.717, 1.165) is 19.6 Å². The second-order valence-corrected chi connectivity index (χ2v) is 2.26. The minimum Gasteiger partial charge on any atom is -0.501 e. The molecule has 0 aliphatic rings. The molecule has 0 fully saturated rings. The van der Waals surface area contributed by atoms with E-state index in [2.05, 4.69) is 13.0 Å². The second kappa shape index (κ2) is 19.5. The summed E-state index contributed by atoms with van der Waals surface area (Å²) in [6.07, 6.45) is 6.08. The Morgan fingerprint density at radius 3 is 2.38 bits per heavy atom. The Morgan fingerprint density at radius 1 is 1.46 bits per heavy atom. The third kappa shape index (κ3) is 20.1. The first kappa shape index (κ1) is 24.2. The Hall–Kier alpha value is 1.91. The van der Waals surface area contributed by atoms with Gasteiger partial charge in [0.15, 0.2) is 0 Å². The van der Waals surface area contributed by atoms with Crippen LogP contribution in [-0.4, -0.2) is 13.2 Å². The van der Waals surface area contributed by atoms with Gasteiger partial charge in [0.25, 0.3) is 0 Å². The summed E-state index contributed by atoms with van der Waals surface area (Å²) in [6, 6.07) is 0. The fourth-order valence-electron chi connectivity index (χ4n) is 0.551. The number of hydrogen-bond donors (Lipinski definition) is 0. The molecule has 0 amide bonds. The van der Waals surface area contributed by atoms with Crippen LogP contribution in [0.2, 0.25) is 0 Å². The van der Waals surface area contributed by atoms with E-state index >= 15 is 0 Å². The van der Waals surface area contributed by atoms with Crippen LogP contribution in [-0.2, 0) is 70.2 Å². The van der Waals surface area contributed by atoms with Gasteiger partial charge in [0.1, 0.15) is 0 Å². The smallest absolute Gasteiger partial charge is 0.501 e. The first-order chi connectivity index (χ1) is 4.81. The first-order valence-corrected chi connectivity index (χ1v) is 3.67. The van der Waals surface area contributed by atoms with Crippen molar-refractivity contribution in [3.63, 3.8) is 0 Å². The molecule has 1 radical (unpaired) electrons. The van der Waals surface area contributed by atoms with E-state index in [1.54, 1.807) is 0 Å². The number of allylic oxidation sites excluding steroid dienone is 1. The van der Waals surface area contributed by atoms with E-state index in [-0.39, 0.29) is 72.8 Å². The molecule has 0 bridgehead atoms. The van der Waals surface area contributed by atoms with Crippen LogP contribution in [0.4, 0.5) is 0 Å². The second-order valence-electron chi connectivity index (χ2n) is 2.26. The van der Waals surface area contributed by atoms with Crippen molar-refractivity contribution in [2.24, 2.45) is 0 Å². The minimum atomic E-state index is 0. The predicted molar refractivity (Wildman–Crippen MR) is 49.9 cm³/mol. The Kier molecular flexibility index (Phi) is 36.3. The van der Waals surface area contributed by atoms with Crippen molar-refractivity contribution in [1.82, 2.24) is 0 Å². The molecule has 0 atom stereocenters. The fraction of sp³-hybridized carbons (Fsp3) is 0.600. The average Bonchev–Trinajstić information content (AvgIpc) is 1.98. The monoisotopic (exact) mass is 333 g/mol. The van der Waals surface area contributed by atoms with Gasteiger partial charge in [-0.1, -0.05) is 13.5 Å². The number of hydrogen-bond acceptors (Lipinski definition) is 1. The quantitative estimate of drug-likeness (QED) is 0.555. The zero-order valence-electron chi connectivity index (χ0n) is 9.26. The maximum atomic E-state index is 5.24. The van der Waals surface area contributed by atoms with Crippen LogP contribution in [0.1, 0.15) is 27.2 Å². The van der Waals surface area contributed by atoms with Gasteiger partial charge in [-0.15, -0.1) is 0 Å². The van der Waals surface area contributed by atoms with Crippen LogP contribution in [0.3, 0.4) is 0 Å². The molecule has 0 unspecified atom stereocenters. The van der Waals surface area contributed by atoms with E-state index in [0.29, 0.717) is 0 Å². The van der Waals surface area contributed by atoms with E-state index in [9.17, 15) is 0 Å². The maximum absolute atomic E-state index is 5.24. The molecule has 0 aliphatic heterocycles. The zero-order chi connectivity index (χ0) is 7.82. The molecule has 1 nitrogen and oxygen atoms in total. The molecule has 13 heavy (non-hydrogen) atoms. The van der Waals surface area contributed by atoms with Crippen molar-refractivity contribution < 1.29 is 70.2 Å². The van der Waals surface area contributed by atoms with E-state index in [1.807, 2.05) is 20.3 Å². The van der Waals surface area contributed by atoms with Crippen LogP contribution in [0.5, 0.6) is 0 Å². The normalized spacial score (nSPS) is 9.31. The SMILES string of the molecule is C[C-]=C(C)CCOC[CH-]C.[CH3-].[Y+3].[Y]. The molecule has 0 saturated carbocycles. The Balaban J connectivity index is -0.000000135. The maximum Gasteiger partial charge on any atom is 3.00 e. The van der Waals surface area contributed by atoms with E-state index < -0.39 is 0 Å². The molecule has 0 saturated heterocycles. The molecule has 0 spiro atoms. The van der Waals surface area contributed by atoms with Crippen molar-refractivity contribution in [1.29, 1.82) is 0 Å². The average molecular weight is 333 g/mol. The Labute approximate surface area is 134 Å². The molecular weight excluding hydrogens is 314 g/mol. The summed E-state index contributed by atoms with van der Waals surface area (Å²) in [5, 5.41) is 0. The number of rotatable bonds is 5. The van der Waals surface area contributed by atoms with E-state index in [1.165, 1.54) is 5.57 Å². The molecule has 3 heteroatoms. The fourth-order valence-corrected chi connectivity index (χ4v) is 0.551. The van der Waals surface area contributed by atoms with Gasteiger partial charge in [0.2, 0.25) is 0 Å². The van der Waals surface area contributed by atoms with Crippen molar-refractivity contribution >= 4 is 0 Å². The van der Waals surface area contributed by atoms with Gasteiger partial charge in [0.05, 0.1) is 0 Å². The van der Waals surface area contributed by atoms with Crippen molar-refractivity contribution in [2.75, 3.05) is 13.2 Å². The van der Waals surface area contributed by atoms with Gasteiger partial charge in [-0.25, -0.2) is 0 Å². The topological polar surface area (TPSA) is 9.23 Å². The van der Waals surface area contributed by atoms with Gasteiger partial charge in [-0.2, -0.15) is 13.8 Å². The first-order valence-electron chi connectivity index (χ1n) is 3.67. The summed E-state index contributed by atoms with van der Waals surface area (Å²) in [5.41, 5.74) is 1.27. The van der Waals surface area contributed by atoms with Gasteiger partial charge in [-0.05, 0) is 6.42 Å².